The van der Waals surface area contributed by atoms with Gasteiger partial charge in [-0.1, -0.05) is 6.07 Å². The lowest BCUT2D eigenvalue weighted by molar-refractivity contribution is -0.135. The van der Waals surface area contributed by atoms with Crippen molar-refractivity contribution in [3.05, 3.63) is 35.6 Å². The molecule has 0 aromatic heterocycles. The van der Waals surface area contributed by atoms with E-state index in [1.165, 1.54) is 18.2 Å². The summed E-state index contributed by atoms with van der Waals surface area (Å²) in [5.41, 5.74) is 5.59. The maximum Gasteiger partial charge on any atom is 0.254 e. The smallest absolute Gasteiger partial charge is 0.254 e. The molecule has 1 saturated heterocycles. The van der Waals surface area contributed by atoms with E-state index in [1.54, 1.807) is 15.9 Å². The minimum atomic E-state index is -0.658. The van der Waals surface area contributed by atoms with Crippen molar-refractivity contribution in [2.75, 3.05) is 26.2 Å². The van der Waals surface area contributed by atoms with E-state index >= 15 is 0 Å². The zero-order valence-electron chi connectivity index (χ0n) is 12.1. The molecule has 1 aliphatic heterocycles. The van der Waals surface area contributed by atoms with E-state index in [-0.39, 0.29) is 24.2 Å². The molecule has 0 unspecified atom stereocenters. The second-order valence-corrected chi connectivity index (χ2v) is 5.75. The maximum atomic E-state index is 13.2. The Morgan fingerprint density at radius 2 is 1.68 bits per heavy atom. The van der Waals surface area contributed by atoms with Crippen molar-refractivity contribution in [3.63, 3.8) is 0 Å². The Morgan fingerprint density at radius 3 is 2.23 bits per heavy atom. The van der Waals surface area contributed by atoms with Gasteiger partial charge in [-0.15, -0.1) is 12.4 Å². The van der Waals surface area contributed by atoms with Crippen LogP contribution in [0.2, 0.25) is 0 Å². The van der Waals surface area contributed by atoms with Gasteiger partial charge in [-0.2, -0.15) is 0 Å². The number of amides is 2. The van der Waals surface area contributed by atoms with Crippen LogP contribution in [-0.2, 0) is 4.79 Å². The van der Waals surface area contributed by atoms with E-state index in [0.717, 1.165) is 12.8 Å². The number of hydrogen-bond donors (Lipinski definition) is 1. The molecule has 2 aliphatic rings. The van der Waals surface area contributed by atoms with Crippen LogP contribution in [0.25, 0.3) is 0 Å². The first-order chi connectivity index (χ1) is 9.99. The van der Waals surface area contributed by atoms with Gasteiger partial charge in [-0.25, -0.2) is 4.39 Å². The molecule has 2 N–H and O–H groups in total. The number of carbonyl (C=O) groups is 2. The molecule has 0 spiro atoms. The molecule has 1 saturated carbocycles. The second kappa shape index (κ2) is 6.22. The van der Waals surface area contributed by atoms with Crippen LogP contribution in [0.15, 0.2) is 24.3 Å². The number of carbonyl (C=O) groups excluding carboxylic acids is 2. The van der Waals surface area contributed by atoms with Gasteiger partial charge in [-0.05, 0) is 31.0 Å². The number of piperazine rings is 1. The highest BCUT2D eigenvalue weighted by Crippen LogP contribution is 2.34. The zero-order chi connectivity index (χ0) is 15.0. The normalized spacial score (nSPS) is 19.4. The number of rotatable bonds is 2. The molecule has 2 amide bonds. The van der Waals surface area contributed by atoms with Gasteiger partial charge >= 0.3 is 0 Å². The molecular weight excluding hydrogens is 309 g/mol. The van der Waals surface area contributed by atoms with Gasteiger partial charge < -0.3 is 15.5 Å². The first-order valence-electron chi connectivity index (χ1n) is 7.13. The minimum Gasteiger partial charge on any atom is -0.338 e. The average molecular weight is 328 g/mol. The Hall–Kier alpha value is -1.66. The molecule has 1 heterocycles. The van der Waals surface area contributed by atoms with Crippen LogP contribution >= 0.6 is 12.4 Å². The summed E-state index contributed by atoms with van der Waals surface area (Å²) >= 11 is 0. The van der Waals surface area contributed by atoms with Crippen LogP contribution in [0.1, 0.15) is 23.2 Å². The van der Waals surface area contributed by atoms with E-state index in [0.29, 0.717) is 31.7 Å². The number of nitrogens with zero attached hydrogens (tertiary/aromatic N) is 2. The Kier molecular flexibility index (Phi) is 4.72. The predicted octanol–water partition coefficient (Wildman–Crippen LogP) is 1.02. The maximum absolute atomic E-state index is 13.2. The van der Waals surface area contributed by atoms with Crippen LogP contribution < -0.4 is 5.73 Å². The van der Waals surface area contributed by atoms with E-state index in [2.05, 4.69) is 0 Å². The van der Waals surface area contributed by atoms with Crippen LogP contribution in [0, 0.1) is 5.82 Å². The van der Waals surface area contributed by atoms with Crippen molar-refractivity contribution in [3.8, 4) is 0 Å². The van der Waals surface area contributed by atoms with Crippen molar-refractivity contribution < 1.29 is 14.0 Å². The van der Waals surface area contributed by atoms with Crippen LogP contribution in [0.4, 0.5) is 4.39 Å². The summed E-state index contributed by atoms with van der Waals surface area (Å²) < 4.78 is 13.2. The fourth-order valence-electron chi connectivity index (χ4n) is 2.58. The van der Waals surface area contributed by atoms with Gasteiger partial charge in [0, 0.05) is 31.7 Å². The Labute approximate surface area is 134 Å². The molecule has 2 fully saturated rings. The third-order valence-electron chi connectivity index (χ3n) is 4.14. The summed E-state index contributed by atoms with van der Waals surface area (Å²) in [6.07, 6.45) is 1.49. The summed E-state index contributed by atoms with van der Waals surface area (Å²) in [4.78, 5) is 27.8. The second-order valence-electron chi connectivity index (χ2n) is 5.75. The molecule has 0 radical (unpaired) electrons. The van der Waals surface area contributed by atoms with E-state index in [1.807, 2.05) is 0 Å². The molecule has 5 nitrogen and oxygen atoms in total. The van der Waals surface area contributed by atoms with Crippen molar-refractivity contribution >= 4 is 24.2 Å². The van der Waals surface area contributed by atoms with E-state index in [4.69, 9.17) is 5.73 Å². The zero-order valence-corrected chi connectivity index (χ0v) is 12.9. The Morgan fingerprint density at radius 1 is 1.09 bits per heavy atom. The average Bonchev–Trinajstić information content (AvgIpc) is 3.25. The predicted molar refractivity (Wildman–Crippen MR) is 82.3 cm³/mol. The lowest BCUT2D eigenvalue weighted by atomic mass is 10.1. The first kappa shape index (κ1) is 16.7. The highest BCUT2D eigenvalue weighted by atomic mass is 35.5. The SMILES string of the molecule is Cl.NC1(C(=O)N2CCN(C(=O)c3cccc(F)c3)CC2)CC1. The highest BCUT2D eigenvalue weighted by molar-refractivity contribution is 5.94. The Bertz CT molecular complexity index is 584. The largest absolute Gasteiger partial charge is 0.338 e. The third-order valence-corrected chi connectivity index (χ3v) is 4.14. The third kappa shape index (κ3) is 3.23. The van der Waals surface area contributed by atoms with E-state index < -0.39 is 11.4 Å². The van der Waals surface area contributed by atoms with Gasteiger partial charge in [0.2, 0.25) is 5.91 Å². The molecule has 7 heteroatoms. The van der Waals surface area contributed by atoms with Crippen LogP contribution in [0.5, 0.6) is 0 Å². The van der Waals surface area contributed by atoms with Gasteiger partial charge in [0.15, 0.2) is 0 Å². The van der Waals surface area contributed by atoms with Gasteiger partial charge in [-0.3, -0.25) is 9.59 Å². The van der Waals surface area contributed by atoms with Crippen LogP contribution in [-0.4, -0.2) is 53.3 Å². The summed E-state index contributed by atoms with van der Waals surface area (Å²) in [6.45, 7) is 1.88. The minimum absolute atomic E-state index is 0. The monoisotopic (exact) mass is 327 g/mol. The number of benzene rings is 1. The molecule has 22 heavy (non-hydrogen) atoms. The molecule has 120 valence electrons. The quantitative estimate of drug-likeness (QED) is 0.882. The standard InChI is InChI=1S/C15H18FN3O2.ClH/c16-12-3-1-2-11(10-12)13(20)18-6-8-19(9-7-18)14(21)15(17)4-5-15;/h1-3,10H,4-9,17H2;1H. The molecule has 3 rings (SSSR count). The fraction of sp³-hybridized carbons (Fsp3) is 0.467. The molecule has 0 atom stereocenters. The van der Waals surface area contributed by atoms with Gasteiger partial charge in [0.25, 0.3) is 5.91 Å². The van der Waals surface area contributed by atoms with Crippen molar-refractivity contribution in [2.24, 2.45) is 5.73 Å². The summed E-state index contributed by atoms with van der Waals surface area (Å²) in [5, 5.41) is 0. The highest BCUT2D eigenvalue weighted by Gasteiger charge is 2.48. The topological polar surface area (TPSA) is 66.6 Å². The molecular formula is C15H19ClFN3O2. The number of nitrogens with two attached hydrogens (primary N) is 1. The van der Waals surface area contributed by atoms with Crippen molar-refractivity contribution in [2.45, 2.75) is 18.4 Å². The van der Waals surface area contributed by atoms with Crippen molar-refractivity contribution in [1.82, 2.24) is 9.80 Å². The summed E-state index contributed by atoms with van der Waals surface area (Å²) in [6, 6.07) is 5.66. The molecule has 0 bridgehead atoms. The van der Waals surface area contributed by atoms with Gasteiger partial charge in [0.05, 0.1) is 5.54 Å². The molecule has 1 aliphatic carbocycles. The fourth-order valence-corrected chi connectivity index (χ4v) is 2.58. The van der Waals surface area contributed by atoms with Crippen LogP contribution in [0.3, 0.4) is 0 Å². The number of hydrogen-bond acceptors (Lipinski definition) is 3. The molecule has 1 aromatic carbocycles. The first-order valence-corrected chi connectivity index (χ1v) is 7.13. The number of halogens is 2. The van der Waals surface area contributed by atoms with E-state index in [9.17, 15) is 14.0 Å². The lowest BCUT2D eigenvalue weighted by Crippen LogP contribution is -2.55. The van der Waals surface area contributed by atoms with Crippen molar-refractivity contribution in [1.29, 1.82) is 0 Å². The lowest BCUT2D eigenvalue weighted by Gasteiger charge is -2.36. The Balaban J connectivity index is 0.00000176. The summed E-state index contributed by atoms with van der Waals surface area (Å²) in [7, 11) is 0. The summed E-state index contributed by atoms with van der Waals surface area (Å²) in [5.74, 6) is -0.635. The molecule has 1 aromatic rings. The van der Waals surface area contributed by atoms with Gasteiger partial charge in [0.1, 0.15) is 5.82 Å².